The first kappa shape index (κ1) is 25.2. The van der Waals surface area contributed by atoms with Crippen LogP contribution in [0.2, 0.25) is 0 Å². The quantitative estimate of drug-likeness (QED) is 0.195. The monoisotopic (exact) mass is 584 g/mol. The van der Waals surface area contributed by atoms with Gasteiger partial charge < -0.3 is 9.13 Å². The van der Waals surface area contributed by atoms with Crippen LogP contribution in [0.15, 0.2) is 170 Å². The van der Waals surface area contributed by atoms with E-state index in [0.717, 1.165) is 5.69 Å². The van der Waals surface area contributed by atoms with Crippen molar-refractivity contribution in [1.29, 1.82) is 0 Å². The van der Waals surface area contributed by atoms with Crippen LogP contribution in [-0.4, -0.2) is 9.13 Å². The Morgan fingerprint density at radius 3 is 1.48 bits per heavy atom. The summed E-state index contributed by atoms with van der Waals surface area (Å²) in [5.41, 5.74) is 9.74. The molecule has 0 unspecified atom stereocenters. The van der Waals surface area contributed by atoms with E-state index < -0.39 is 0 Å². The van der Waals surface area contributed by atoms with E-state index >= 15 is 0 Å². The lowest BCUT2D eigenvalue weighted by atomic mass is 9.92. The van der Waals surface area contributed by atoms with Crippen molar-refractivity contribution in [2.24, 2.45) is 0 Å². The first-order chi connectivity index (χ1) is 22.9. The second-order valence-electron chi connectivity index (χ2n) is 12.1. The van der Waals surface area contributed by atoms with E-state index in [1.165, 1.54) is 82.0 Å². The second-order valence-corrected chi connectivity index (χ2v) is 12.1. The minimum absolute atomic E-state index is 1.16. The van der Waals surface area contributed by atoms with Crippen molar-refractivity contribution < 1.29 is 0 Å². The molecular weight excluding hydrogens is 556 g/mol. The van der Waals surface area contributed by atoms with E-state index in [1.807, 2.05) is 0 Å². The highest BCUT2D eigenvalue weighted by Gasteiger charge is 2.26. The number of hydrogen-bond acceptors (Lipinski definition) is 0. The van der Waals surface area contributed by atoms with Crippen molar-refractivity contribution >= 4 is 65.2 Å². The molecule has 8 aromatic carbocycles. The van der Waals surface area contributed by atoms with Gasteiger partial charge in [0.15, 0.2) is 0 Å². The fourth-order valence-electron chi connectivity index (χ4n) is 7.82. The van der Waals surface area contributed by atoms with E-state index in [2.05, 4.69) is 179 Å². The fourth-order valence-corrected chi connectivity index (χ4v) is 7.82. The summed E-state index contributed by atoms with van der Waals surface area (Å²) in [6, 6.07) is 61.8. The Morgan fingerprint density at radius 1 is 0.326 bits per heavy atom. The Bertz CT molecular complexity index is 2770. The first-order valence-corrected chi connectivity index (χ1v) is 15.9. The molecule has 0 amide bonds. The highest BCUT2D eigenvalue weighted by Crippen LogP contribution is 2.50. The van der Waals surface area contributed by atoms with E-state index in [1.54, 1.807) is 0 Å². The average molecular weight is 585 g/mol. The van der Waals surface area contributed by atoms with Gasteiger partial charge in [-0.3, -0.25) is 0 Å². The second kappa shape index (κ2) is 9.69. The zero-order valence-electron chi connectivity index (χ0n) is 25.1. The largest absolute Gasteiger partial charge is 0.309 e. The van der Waals surface area contributed by atoms with Crippen molar-refractivity contribution in [3.8, 4) is 22.5 Å². The minimum Gasteiger partial charge on any atom is -0.309 e. The van der Waals surface area contributed by atoms with Crippen molar-refractivity contribution in [1.82, 2.24) is 9.13 Å². The van der Waals surface area contributed by atoms with E-state index in [4.69, 9.17) is 0 Å². The van der Waals surface area contributed by atoms with Gasteiger partial charge in [0.1, 0.15) is 0 Å². The summed E-state index contributed by atoms with van der Waals surface area (Å²) in [5.74, 6) is 0. The van der Waals surface area contributed by atoms with Crippen LogP contribution in [0, 0.1) is 0 Å². The molecule has 0 spiro atoms. The SMILES string of the molecule is c1ccc(-c2cc3ccccc3c3c2c2c4c5ccccc5n(-c5ccccc5)c4c4ccccc4c2n3-c2ccccc2)cc1. The molecule has 10 aromatic rings. The van der Waals surface area contributed by atoms with Gasteiger partial charge in [0.2, 0.25) is 0 Å². The molecule has 46 heavy (non-hydrogen) atoms. The molecule has 2 aromatic heterocycles. The maximum Gasteiger partial charge on any atom is 0.0627 e. The fraction of sp³-hybridized carbons (Fsp3) is 0. The molecule has 2 heteroatoms. The number of para-hydroxylation sites is 3. The molecule has 0 aliphatic rings. The highest BCUT2D eigenvalue weighted by molar-refractivity contribution is 6.40. The molecule has 10 rings (SSSR count). The summed E-state index contributed by atoms with van der Waals surface area (Å²) in [7, 11) is 0. The average Bonchev–Trinajstić information content (AvgIpc) is 3.67. The van der Waals surface area contributed by atoms with Crippen LogP contribution >= 0.6 is 0 Å². The van der Waals surface area contributed by atoms with Gasteiger partial charge >= 0.3 is 0 Å². The van der Waals surface area contributed by atoms with Crippen LogP contribution < -0.4 is 0 Å². The van der Waals surface area contributed by atoms with Crippen molar-refractivity contribution in [3.05, 3.63) is 170 Å². The standard InChI is InChI=1S/C44H28N2/c1-4-16-29(17-5-1)37-28-30-18-10-11-23-33(30)42-40(37)41-39-36-26-14-15-27-38(36)45(31-19-6-2-7-20-31)43(39)34-24-12-13-25-35(34)44(41)46(42)32-21-8-3-9-22-32/h1-28H. The van der Waals surface area contributed by atoms with Gasteiger partial charge in [-0.2, -0.15) is 0 Å². The maximum absolute atomic E-state index is 2.54. The van der Waals surface area contributed by atoms with E-state index in [-0.39, 0.29) is 0 Å². The third kappa shape index (κ3) is 3.41. The maximum atomic E-state index is 2.54. The Hall–Kier alpha value is -6.12. The van der Waals surface area contributed by atoms with Gasteiger partial charge in [-0.05, 0) is 52.9 Å². The Labute approximate surface area is 266 Å². The van der Waals surface area contributed by atoms with E-state index in [9.17, 15) is 0 Å². The van der Waals surface area contributed by atoms with Crippen LogP contribution in [-0.2, 0) is 0 Å². The number of rotatable bonds is 3. The van der Waals surface area contributed by atoms with Crippen LogP contribution in [0.25, 0.3) is 87.7 Å². The number of fused-ring (bicyclic) bond motifs is 12. The smallest absolute Gasteiger partial charge is 0.0627 e. The zero-order valence-corrected chi connectivity index (χ0v) is 25.1. The van der Waals surface area contributed by atoms with Gasteiger partial charge in [0.25, 0.3) is 0 Å². The van der Waals surface area contributed by atoms with E-state index in [0.29, 0.717) is 0 Å². The lowest BCUT2D eigenvalue weighted by Gasteiger charge is -2.13. The Kier molecular flexibility index (Phi) is 5.31. The van der Waals surface area contributed by atoms with Gasteiger partial charge in [0, 0.05) is 49.1 Å². The van der Waals surface area contributed by atoms with Crippen LogP contribution in [0.1, 0.15) is 0 Å². The lowest BCUT2D eigenvalue weighted by molar-refractivity contribution is 1.18. The molecule has 0 N–H and O–H groups in total. The molecule has 0 bridgehead atoms. The molecule has 0 atom stereocenters. The number of nitrogens with zero attached hydrogens (tertiary/aromatic N) is 2. The normalized spacial score (nSPS) is 11.9. The number of benzene rings is 8. The number of hydrogen-bond donors (Lipinski definition) is 0. The topological polar surface area (TPSA) is 9.86 Å². The van der Waals surface area contributed by atoms with Crippen LogP contribution in [0.5, 0.6) is 0 Å². The zero-order chi connectivity index (χ0) is 30.2. The third-order valence-electron chi connectivity index (χ3n) is 9.63. The van der Waals surface area contributed by atoms with Gasteiger partial charge in [-0.25, -0.2) is 0 Å². The molecule has 214 valence electrons. The molecule has 0 saturated carbocycles. The summed E-state index contributed by atoms with van der Waals surface area (Å²) < 4.78 is 5.01. The van der Waals surface area contributed by atoms with Crippen molar-refractivity contribution in [2.75, 3.05) is 0 Å². The van der Waals surface area contributed by atoms with Gasteiger partial charge in [-0.1, -0.05) is 133 Å². The Morgan fingerprint density at radius 2 is 0.804 bits per heavy atom. The molecule has 0 radical (unpaired) electrons. The van der Waals surface area contributed by atoms with Crippen molar-refractivity contribution in [3.63, 3.8) is 0 Å². The summed E-state index contributed by atoms with van der Waals surface area (Å²) in [6.45, 7) is 0. The Balaban J connectivity index is 1.61. The molecular formula is C44H28N2. The summed E-state index contributed by atoms with van der Waals surface area (Å²) in [4.78, 5) is 0. The number of aromatic nitrogens is 2. The predicted molar refractivity (Wildman–Crippen MR) is 196 cm³/mol. The molecule has 0 fully saturated rings. The van der Waals surface area contributed by atoms with Crippen molar-refractivity contribution in [2.45, 2.75) is 0 Å². The molecule has 2 heterocycles. The van der Waals surface area contributed by atoms with Gasteiger partial charge in [0.05, 0.1) is 22.1 Å². The third-order valence-corrected chi connectivity index (χ3v) is 9.63. The highest BCUT2D eigenvalue weighted by atomic mass is 15.0. The molecule has 2 nitrogen and oxygen atoms in total. The predicted octanol–water partition coefficient (Wildman–Crippen LogP) is 11.9. The summed E-state index contributed by atoms with van der Waals surface area (Å²) in [6.07, 6.45) is 0. The van der Waals surface area contributed by atoms with Crippen LogP contribution in [0.3, 0.4) is 0 Å². The lowest BCUT2D eigenvalue weighted by Crippen LogP contribution is -1.96. The first-order valence-electron chi connectivity index (χ1n) is 15.9. The molecule has 0 aliphatic heterocycles. The summed E-state index contributed by atoms with van der Waals surface area (Å²) in [5, 5.41) is 10.1. The minimum atomic E-state index is 1.16. The van der Waals surface area contributed by atoms with Gasteiger partial charge in [-0.15, -0.1) is 0 Å². The summed E-state index contributed by atoms with van der Waals surface area (Å²) >= 11 is 0. The van der Waals surface area contributed by atoms with Crippen LogP contribution in [0.4, 0.5) is 0 Å². The molecule has 0 saturated heterocycles. The molecule has 0 aliphatic carbocycles.